The Kier molecular flexibility index (Phi) is 5.49. The Balaban J connectivity index is 3.10. The van der Waals surface area contributed by atoms with Gasteiger partial charge in [0.2, 0.25) is 0 Å². The molecule has 2 atom stereocenters. The third kappa shape index (κ3) is 3.24. The number of halogens is 3. The van der Waals surface area contributed by atoms with E-state index >= 15 is 0 Å². The van der Waals surface area contributed by atoms with E-state index < -0.39 is 23.8 Å². The number of hydrogen-bond donors (Lipinski definition) is 1. The second-order valence-corrected chi connectivity index (χ2v) is 4.54. The van der Waals surface area contributed by atoms with Crippen LogP contribution in [0.3, 0.4) is 0 Å². The molecule has 0 aromatic heterocycles. The number of nitrogens with two attached hydrogens (primary N) is 1. The Morgan fingerprint density at radius 3 is 2.53 bits per heavy atom. The van der Waals surface area contributed by atoms with Crippen molar-refractivity contribution in [3.8, 4) is 0 Å². The van der Waals surface area contributed by atoms with Crippen molar-refractivity contribution in [3.05, 3.63) is 33.8 Å². The van der Waals surface area contributed by atoms with E-state index in [1.54, 1.807) is 0 Å². The van der Waals surface area contributed by atoms with Crippen molar-refractivity contribution in [1.29, 1.82) is 0 Å². The van der Waals surface area contributed by atoms with Gasteiger partial charge in [-0.1, -0.05) is 6.92 Å². The van der Waals surface area contributed by atoms with Gasteiger partial charge in [-0.2, -0.15) is 0 Å². The standard InChI is InChI=1S/C12H16BrF2NO/c1-3-9(17-4-2)12(16)10-8(14)6-5-7(13)11(10)15/h5-6,9,12H,3-4,16H2,1-2H3. The molecular formula is C12H16BrF2NO. The van der Waals surface area contributed by atoms with E-state index in [9.17, 15) is 8.78 Å². The van der Waals surface area contributed by atoms with Crippen LogP contribution < -0.4 is 5.73 Å². The summed E-state index contributed by atoms with van der Waals surface area (Å²) in [7, 11) is 0. The van der Waals surface area contributed by atoms with Gasteiger partial charge in [-0.15, -0.1) is 0 Å². The molecule has 5 heteroatoms. The van der Waals surface area contributed by atoms with Crippen molar-refractivity contribution < 1.29 is 13.5 Å². The molecule has 0 saturated heterocycles. The first kappa shape index (κ1) is 14.5. The van der Waals surface area contributed by atoms with Gasteiger partial charge in [0, 0.05) is 12.2 Å². The van der Waals surface area contributed by atoms with E-state index in [2.05, 4.69) is 15.9 Å². The molecule has 0 aliphatic carbocycles. The second-order valence-electron chi connectivity index (χ2n) is 3.68. The lowest BCUT2D eigenvalue weighted by molar-refractivity contribution is 0.0396. The van der Waals surface area contributed by atoms with Gasteiger partial charge in [0.1, 0.15) is 11.6 Å². The first-order valence-corrected chi connectivity index (χ1v) is 6.32. The van der Waals surface area contributed by atoms with Crippen LogP contribution >= 0.6 is 15.9 Å². The SMILES string of the molecule is CCOC(CC)C(N)c1c(F)ccc(Br)c1F. The lowest BCUT2D eigenvalue weighted by atomic mass is 9.99. The smallest absolute Gasteiger partial charge is 0.145 e. The maximum Gasteiger partial charge on any atom is 0.145 e. The maximum absolute atomic E-state index is 13.8. The monoisotopic (exact) mass is 307 g/mol. The molecule has 2 nitrogen and oxygen atoms in total. The molecule has 0 heterocycles. The van der Waals surface area contributed by atoms with Crippen LogP contribution in [0.25, 0.3) is 0 Å². The van der Waals surface area contributed by atoms with Crippen LogP contribution in [0.4, 0.5) is 8.78 Å². The molecule has 17 heavy (non-hydrogen) atoms. The topological polar surface area (TPSA) is 35.2 Å². The van der Waals surface area contributed by atoms with Crippen LogP contribution in [0.1, 0.15) is 31.9 Å². The van der Waals surface area contributed by atoms with E-state index in [-0.39, 0.29) is 10.0 Å². The number of hydrogen-bond acceptors (Lipinski definition) is 2. The molecule has 0 amide bonds. The van der Waals surface area contributed by atoms with E-state index in [0.717, 1.165) is 0 Å². The minimum absolute atomic E-state index is 0.125. The van der Waals surface area contributed by atoms with Gasteiger partial charge in [0.15, 0.2) is 0 Å². The largest absolute Gasteiger partial charge is 0.377 e. The van der Waals surface area contributed by atoms with Crippen LogP contribution in [-0.2, 0) is 4.74 Å². The predicted octanol–water partition coefficient (Wildman–Crippen LogP) is 3.54. The number of rotatable bonds is 5. The highest BCUT2D eigenvalue weighted by Crippen LogP contribution is 2.29. The Bertz CT molecular complexity index is 387. The third-order valence-electron chi connectivity index (χ3n) is 2.60. The fourth-order valence-corrected chi connectivity index (χ4v) is 2.07. The third-order valence-corrected chi connectivity index (χ3v) is 3.21. The second kappa shape index (κ2) is 6.42. The summed E-state index contributed by atoms with van der Waals surface area (Å²) < 4.78 is 33.0. The summed E-state index contributed by atoms with van der Waals surface area (Å²) in [5.74, 6) is -1.30. The fourth-order valence-electron chi connectivity index (χ4n) is 1.72. The van der Waals surface area contributed by atoms with Crippen molar-refractivity contribution in [2.24, 2.45) is 5.73 Å². The van der Waals surface area contributed by atoms with Crippen molar-refractivity contribution in [3.63, 3.8) is 0 Å². The van der Waals surface area contributed by atoms with Gasteiger partial charge in [0.05, 0.1) is 16.6 Å². The molecule has 0 saturated carbocycles. The maximum atomic E-state index is 13.8. The molecule has 96 valence electrons. The molecule has 0 radical (unpaired) electrons. The number of benzene rings is 1. The molecule has 0 aliphatic rings. The van der Waals surface area contributed by atoms with Gasteiger partial charge in [-0.25, -0.2) is 8.78 Å². The Labute approximate surface area is 108 Å². The summed E-state index contributed by atoms with van der Waals surface area (Å²) in [5, 5.41) is 0. The van der Waals surface area contributed by atoms with Crippen LogP contribution in [-0.4, -0.2) is 12.7 Å². The molecule has 1 aromatic carbocycles. The zero-order valence-electron chi connectivity index (χ0n) is 9.84. The first-order chi connectivity index (χ1) is 8.02. The van der Waals surface area contributed by atoms with Gasteiger partial charge >= 0.3 is 0 Å². The minimum atomic E-state index is -0.808. The van der Waals surface area contributed by atoms with Crippen LogP contribution in [0.15, 0.2) is 16.6 Å². The van der Waals surface area contributed by atoms with Crippen LogP contribution in [0, 0.1) is 11.6 Å². The zero-order chi connectivity index (χ0) is 13.0. The van der Waals surface area contributed by atoms with Gasteiger partial charge in [-0.05, 0) is 41.4 Å². The van der Waals surface area contributed by atoms with E-state index in [1.807, 2.05) is 13.8 Å². The normalized spacial score (nSPS) is 14.7. The molecule has 0 aliphatic heterocycles. The highest BCUT2D eigenvalue weighted by atomic mass is 79.9. The molecular weight excluding hydrogens is 292 g/mol. The molecule has 0 fully saturated rings. The van der Waals surface area contributed by atoms with Crippen molar-refractivity contribution in [2.75, 3.05) is 6.61 Å². The Morgan fingerprint density at radius 1 is 1.35 bits per heavy atom. The lowest BCUT2D eigenvalue weighted by Crippen LogP contribution is -2.30. The molecule has 1 aromatic rings. The minimum Gasteiger partial charge on any atom is -0.377 e. The molecule has 0 bridgehead atoms. The number of ether oxygens (including phenoxy) is 1. The Hall–Kier alpha value is -0.520. The van der Waals surface area contributed by atoms with Crippen molar-refractivity contribution in [2.45, 2.75) is 32.4 Å². The zero-order valence-corrected chi connectivity index (χ0v) is 11.4. The van der Waals surface area contributed by atoms with Gasteiger partial charge in [0.25, 0.3) is 0 Å². The summed E-state index contributed by atoms with van der Waals surface area (Å²) in [6.07, 6.45) is 0.207. The highest BCUT2D eigenvalue weighted by molar-refractivity contribution is 9.10. The molecule has 0 spiro atoms. The van der Waals surface area contributed by atoms with E-state index in [0.29, 0.717) is 13.0 Å². The van der Waals surface area contributed by atoms with Crippen molar-refractivity contribution >= 4 is 15.9 Å². The fraction of sp³-hybridized carbons (Fsp3) is 0.500. The van der Waals surface area contributed by atoms with Crippen LogP contribution in [0.5, 0.6) is 0 Å². The van der Waals surface area contributed by atoms with Gasteiger partial charge in [-0.3, -0.25) is 0 Å². The highest BCUT2D eigenvalue weighted by Gasteiger charge is 2.25. The predicted molar refractivity (Wildman–Crippen MR) is 66.7 cm³/mol. The molecule has 2 unspecified atom stereocenters. The lowest BCUT2D eigenvalue weighted by Gasteiger charge is -2.23. The van der Waals surface area contributed by atoms with Crippen LogP contribution in [0.2, 0.25) is 0 Å². The Morgan fingerprint density at radius 2 is 2.00 bits per heavy atom. The van der Waals surface area contributed by atoms with Crippen molar-refractivity contribution in [1.82, 2.24) is 0 Å². The molecule has 1 rings (SSSR count). The average Bonchev–Trinajstić information content (AvgIpc) is 2.31. The van der Waals surface area contributed by atoms with E-state index in [1.165, 1.54) is 12.1 Å². The summed E-state index contributed by atoms with van der Waals surface area (Å²) in [4.78, 5) is 0. The quantitative estimate of drug-likeness (QED) is 0.844. The molecule has 2 N–H and O–H groups in total. The summed E-state index contributed by atoms with van der Waals surface area (Å²) >= 11 is 3.02. The first-order valence-electron chi connectivity index (χ1n) is 5.53. The van der Waals surface area contributed by atoms with Gasteiger partial charge < -0.3 is 10.5 Å². The summed E-state index contributed by atoms with van der Waals surface area (Å²) in [6.45, 7) is 4.15. The average molecular weight is 308 g/mol. The summed E-state index contributed by atoms with van der Waals surface area (Å²) in [5.41, 5.74) is 5.76. The summed E-state index contributed by atoms with van der Waals surface area (Å²) in [6, 6.07) is 1.71. The van der Waals surface area contributed by atoms with E-state index in [4.69, 9.17) is 10.5 Å².